The van der Waals surface area contributed by atoms with Gasteiger partial charge in [-0.2, -0.15) is 3.97 Å². The maximum Gasteiger partial charge on any atom is 0.273 e. The maximum absolute atomic E-state index is 12.3. The largest absolute Gasteiger partial charge is 0.495 e. The molecule has 1 aromatic carbocycles. The van der Waals surface area contributed by atoms with Crippen LogP contribution in [0, 0.1) is 0 Å². The van der Waals surface area contributed by atoms with Gasteiger partial charge in [0.15, 0.2) is 0 Å². The molecule has 7 nitrogen and oxygen atoms in total. The van der Waals surface area contributed by atoms with Crippen molar-refractivity contribution in [2.24, 2.45) is 0 Å². The fourth-order valence-corrected chi connectivity index (χ4v) is 3.38. The zero-order valence-corrected chi connectivity index (χ0v) is 11.9. The second-order valence-electron chi connectivity index (χ2n) is 3.41. The number of nitrogens with zero attached hydrogens (tertiary/aromatic N) is 3. The molecule has 2 aromatic rings. The molecule has 0 amide bonds. The Morgan fingerprint density at radius 2 is 2.00 bits per heavy atom. The lowest BCUT2D eigenvalue weighted by Gasteiger charge is -2.10. The molecule has 2 N–H and O–H groups in total. The number of hydrogen-bond donors (Lipinski definition) is 1. The molecule has 0 saturated carbocycles. The topological polar surface area (TPSA) is 100 Å². The first-order valence-electron chi connectivity index (χ1n) is 4.82. The van der Waals surface area contributed by atoms with Crippen LogP contribution in [0.25, 0.3) is 0 Å². The molecule has 102 valence electrons. The van der Waals surface area contributed by atoms with Crippen LogP contribution in [0.4, 0.5) is 5.95 Å². The minimum atomic E-state index is -4.01. The lowest BCUT2D eigenvalue weighted by Crippen LogP contribution is -2.15. The Kier molecular flexibility index (Phi) is 3.57. The van der Waals surface area contributed by atoms with Gasteiger partial charge in [0, 0.05) is 6.07 Å². The second-order valence-corrected chi connectivity index (χ2v) is 6.00. The molecule has 0 bridgehead atoms. The van der Waals surface area contributed by atoms with E-state index in [-0.39, 0.29) is 26.6 Å². The van der Waals surface area contributed by atoms with Gasteiger partial charge in [-0.1, -0.05) is 23.2 Å². The van der Waals surface area contributed by atoms with Crippen LogP contribution < -0.4 is 10.5 Å². The Morgan fingerprint density at radius 1 is 1.32 bits per heavy atom. The van der Waals surface area contributed by atoms with E-state index in [2.05, 4.69) is 10.2 Å². The Balaban J connectivity index is 2.66. The van der Waals surface area contributed by atoms with Gasteiger partial charge >= 0.3 is 0 Å². The number of aromatic nitrogens is 3. The van der Waals surface area contributed by atoms with E-state index in [1.54, 1.807) is 0 Å². The van der Waals surface area contributed by atoms with Crippen molar-refractivity contribution in [2.75, 3.05) is 12.8 Å². The summed E-state index contributed by atoms with van der Waals surface area (Å²) >= 11 is 11.8. The van der Waals surface area contributed by atoms with Crippen LogP contribution in [0.1, 0.15) is 0 Å². The standard InChI is InChI=1S/C9H8Cl2N4O3S/c1-18-7-2-6(11)8(3-5(7)10)19(16,17)15-4-13-14-9(15)12/h2-4H,1H3,(H2,12,14). The number of anilines is 1. The van der Waals surface area contributed by atoms with Crippen molar-refractivity contribution in [3.63, 3.8) is 0 Å². The minimum Gasteiger partial charge on any atom is -0.495 e. The van der Waals surface area contributed by atoms with Crippen LogP contribution in [-0.4, -0.2) is 29.7 Å². The van der Waals surface area contributed by atoms with Gasteiger partial charge in [-0.25, -0.2) is 8.42 Å². The lowest BCUT2D eigenvalue weighted by molar-refractivity contribution is 0.414. The third-order valence-electron chi connectivity index (χ3n) is 2.29. The van der Waals surface area contributed by atoms with Gasteiger partial charge in [-0.05, 0) is 6.07 Å². The first kappa shape index (κ1) is 13.9. The smallest absolute Gasteiger partial charge is 0.273 e. The van der Waals surface area contributed by atoms with E-state index in [1.165, 1.54) is 19.2 Å². The molecular formula is C9H8Cl2N4O3S. The molecular weight excluding hydrogens is 315 g/mol. The predicted octanol–water partition coefficient (Wildman–Crippen LogP) is 1.41. The lowest BCUT2D eigenvalue weighted by atomic mass is 10.3. The van der Waals surface area contributed by atoms with Crippen molar-refractivity contribution in [1.29, 1.82) is 0 Å². The van der Waals surface area contributed by atoms with Crippen LogP contribution in [0.2, 0.25) is 10.0 Å². The molecule has 0 atom stereocenters. The molecule has 0 fully saturated rings. The highest BCUT2D eigenvalue weighted by Crippen LogP contribution is 2.34. The summed E-state index contributed by atoms with van der Waals surface area (Å²) in [5.41, 5.74) is 5.42. The van der Waals surface area contributed by atoms with E-state index >= 15 is 0 Å². The summed E-state index contributed by atoms with van der Waals surface area (Å²) in [7, 11) is -2.62. The Morgan fingerprint density at radius 3 is 2.53 bits per heavy atom. The molecule has 0 aliphatic rings. The normalized spacial score (nSPS) is 11.5. The maximum atomic E-state index is 12.3. The average Bonchev–Trinajstić information content (AvgIpc) is 2.78. The van der Waals surface area contributed by atoms with Gasteiger partial charge in [0.25, 0.3) is 10.0 Å². The highest BCUT2D eigenvalue weighted by Gasteiger charge is 2.24. The van der Waals surface area contributed by atoms with Crippen molar-refractivity contribution in [1.82, 2.24) is 14.2 Å². The first-order valence-corrected chi connectivity index (χ1v) is 7.01. The van der Waals surface area contributed by atoms with Crippen molar-refractivity contribution in [3.05, 3.63) is 28.5 Å². The van der Waals surface area contributed by atoms with Gasteiger partial charge in [0.1, 0.15) is 17.0 Å². The number of benzene rings is 1. The zero-order chi connectivity index (χ0) is 14.2. The molecule has 0 aliphatic carbocycles. The number of methoxy groups -OCH3 is 1. The summed E-state index contributed by atoms with van der Waals surface area (Å²) in [5.74, 6) is -0.00893. The summed E-state index contributed by atoms with van der Waals surface area (Å²) in [6.45, 7) is 0. The van der Waals surface area contributed by atoms with Crippen molar-refractivity contribution in [2.45, 2.75) is 4.90 Å². The van der Waals surface area contributed by atoms with Crippen LogP contribution in [-0.2, 0) is 10.0 Å². The van der Waals surface area contributed by atoms with Gasteiger partial charge in [0.05, 0.1) is 17.2 Å². The molecule has 2 rings (SSSR count). The summed E-state index contributed by atoms with van der Waals surface area (Å²) in [4.78, 5) is -0.216. The Labute approximate surface area is 119 Å². The number of hydrogen-bond acceptors (Lipinski definition) is 6. The van der Waals surface area contributed by atoms with E-state index in [4.69, 9.17) is 33.7 Å². The quantitative estimate of drug-likeness (QED) is 0.917. The van der Waals surface area contributed by atoms with E-state index in [0.29, 0.717) is 3.97 Å². The monoisotopic (exact) mass is 322 g/mol. The summed E-state index contributed by atoms with van der Waals surface area (Å²) in [6.07, 6.45) is 0.971. The number of ether oxygens (including phenoxy) is 1. The molecule has 1 heterocycles. The second kappa shape index (κ2) is 4.87. The van der Waals surface area contributed by atoms with Crippen LogP contribution >= 0.6 is 23.2 Å². The van der Waals surface area contributed by atoms with Crippen molar-refractivity contribution in [3.8, 4) is 5.75 Å². The zero-order valence-electron chi connectivity index (χ0n) is 9.54. The van der Waals surface area contributed by atoms with Crippen LogP contribution in [0.15, 0.2) is 23.4 Å². The molecule has 0 radical (unpaired) electrons. The summed E-state index contributed by atoms with van der Waals surface area (Å²) in [6, 6.07) is 2.48. The van der Waals surface area contributed by atoms with Crippen molar-refractivity contribution >= 4 is 39.2 Å². The minimum absolute atomic E-state index is 0.0469. The number of nitrogens with two attached hydrogens (primary N) is 1. The molecule has 0 spiro atoms. The fraction of sp³-hybridized carbons (Fsp3) is 0.111. The number of halogens is 2. The molecule has 1 aromatic heterocycles. The van der Waals surface area contributed by atoms with Crippen LogP contribution in [0.3, 0.4) is 0 Å². The molecule has 0 aliphatic heterocycles. The third kappa shape index (κ3) is 2.34. The first-order chi connectivity index (χ1) is 8.87. The molecule has 10 heteroatoms. The average molecular weight is 323 g/mol. The number of nitrogen functional groups attached to an aromatic ring is 1. The Hall–Kier alpha value is -1.51. The van der Waals surface area contributed by atoms with E-state index in [9.17, 15) is 8.42 Å². The van der Waals surface area contributed by atoms with E-state index in [0.717, 1.165) is 6.33 Å². The molecule has 0 unspecified atom stereocenters. The van der Waals surface area contributed by atoms with Gasteiger partial charge < -0.3 is 10.5 Å². The predicted molar refractivity (Wildman–Crippen MR) is 70.0 cm³/mol. The Bertz CT molecular complexity index is 729. The van der Waals surface area contributed by atoms with Gasteiger partial charge in [-0.3, -0.25) is 0 Å². The third-order valence-corrected chi connectivity index (χ3v) is 4.70. The SMILES string of the molecule is COc1cc(Cl)c(S(=O)(=O)n2cnnc2N)cc1Cl. The van der Waals surface area contributed by atoms with E-state index in [1.807, 2.05) is 0 Å². The van der Waals surface area contributed by atoms with Crippen LogP contribution in [0.5, 0.6) is 5.75 Å². The van der Waals surface area contributed by atoms with E-state index < -0.39 is 10.0 Å². The van der Waals surface area contributed by atoms with Gasteiger partial charge in [-0.15, -0.1) is 10.2 Å². The number of rotatable bonds is 3. The molecule has 19 heavy (non-hydrogen) atoms. The summed E-state index contributed by atoms with van der Waals surface area (Å²) < 4.78 is 30.3. The van der Waals surface area contributed by atoms with Crippen molar-refractivity contribution < 1.29 is 13.2 Å². The highest BCUT2D eigenvalue weighted by molar-refractivity contribution is 7.90. The molecule has 0 saturated heterocycles. The summed E-state index contributed by atoms with van der Waals surface area (Å²) in [5, 5.41) is 6.87. The van der Waals surface area contributed by atoms with Gasteiger partial charge in [0.2, 0.25) is 5.95 Å². The fourth-order valence-electron chi connectivity index (χ4n) is 1.39. The highest BCUT2D eigenvalue weighted by atomic mass is 35.5.